The third-order valence-corrected chi connectivity index (χ3v) is 1.42. The van der Waals surface area contributed by atoms with Crippen LogP contribution in [0, 0.1) is 0 Å². The zero-order valence-corrected chi connectivity index (χ0v) is 7.45. The number of aromatic nitrogens is 2. The lowest BCUT2D eigenvalue weighted by atomic mass is 10.4. The number of carbonyl (C=O) groups excluding carboxylic acids is 1. The van der Waals surface area contributed by atoms with Crippen LogP contribution in [0.1, 0.15) is 5.69 Å². The van der Waals surface area contributed by atoms with Crippen molar-refractivity contribution in [3.05, 3.63) is 24.3 Å². The van der Waals surface area contributed by atoms with Gasteiger partial charge in [0, 0.05) is 12.4 Å². The fraction of sp³-hybridized carbons (Fsp3) is 0.375. The maximum Gasteiger partial charge on any atom is 0.234 e. The fourth-order valence-corrected chi connectivity index (χ4v) is 0.833. The Morgan fingerprint density at radius 3 is 3.00 bits per heavy atom. The maximum atomic E-state index is 11.0. The lowest BCUT2D eigenvalue weighted by Crippen LogP contribution is -2.31. The highest BCUT2D eigenvalue weighted by molar-refractivity contribution is 5.77. The molecular formula is C8H12N4O. The Hall–Kier alpha value is -1.49. The molecule has 0 aliphatic rings. The second-order valence-electron chi connectivity index (χ2n) is 2.50. The van der Waals surface area contributed by atoms with E-state index in [0.717, 1.165) is 5.69 Å². The van der Waals surface area contributed by atoms with Crippen LogP contribution in [0.2, 0.25) is 0 Å². The van der Waals surface area contributed by atoms with Crippen LogP contribution < -0.4 is 10.6 Å². The molecule has 1 heterocycles. The molecule has 1 aromatic rings. The van der Waals surface area contributed by atoms with Crippen LogP contribution in [-0.4, -0.2) is 29.5 Å². The standard InChI is InChI=1S/C8H12N4O/c1-9-6-8(13)12-5-7-4-10-2-3-11-7/h2-4,9H,5-6H2,1H3,(H,12,13). The summed E-state index contributed by atoms with van der Waals surface area (Å²) in [5.41, 5.74) is 0.756. The Kier molecular flexibility index (Phi) is 3.84. The molecule has 0 aliphatic heterocycles. The minimum absolute atomic E-state index is 0.0480. The highest BCUT2D eigenvalue weighted by Crippen LogP contribution is 1.87. The Balaban J connectivity index is 2.31. The first kappa shape index (κ1) is 9.60. The van der Waals surface area contributed by atoms with Crippen molar-refractivity contribution >= 4 is 5.91 Å². The summed E-state index contributed by atoms with van der Waals surface area (Å²) in [4.78, 5) is 18.9. The van der Waals surface area contributed by atoms with E-state index in [1.165, 1.54) is 0 Å². The lowest BCUT2D eigenvalue weighted by molar-refractivity contribution is -0.120. The Bertz CT molecular complexity index is 262. The highest BCUT2D eigenvalue weighted by atomic mass is 16.1. The number of rotatable bonds is 4. The number of amides is 1. The lowest BCUT2D eigenvalue weighted by Gasteiger charge is -2.02. The number of likely N-dealkylation sites (N-methyl/N-ethyl adjacent to an activating group) is 1. The van der Waals surface area contributed by atoms with E-state index in [-0.39, 0.29) is 5.91 Å². The average molecular weight is 180 g/mol. The molecule has 0 atom stereocenters. The summed E-state index contributed by atoms with van der Waals surface area (Å²) in [6.45, 7) is 0.745. The van der Waals surface area contributed by atoms with Crippen molar-refractivity contribution in [3.8, 4) is 0 Å². The zero-order chi connectivity index (χ0) is 9.52. The third kappa shape index (κ3) is 3.62. The van der Waals surface area contributed by atoms with Crippen LogP contribution in [-0.2, 0) is 11.3 Å². The molecule has 1 amide bonds. The van der Waals surface area contributed by atoms with Crippen LogP contribution >= 0.6 is 0 Å². The average Bonchev–Trinajstić information content (AvgIpc) is 2.17. The molecule has 5 nitrogen and oxygen atoms in total. The van der Waals surface area contributed by atoms with Gasteiger partial charge in [-0.3, -0.25) is 14.8 Å². The van der Waals surface area contributed by atoms with E-state index in [2.05, 4.69) is 20.6 Å². The SMILES string of the molecule is CNCC(=O)NCc1cnccn1. The fourth-order valence-electron chi connectivity index (χ4n) is 0.833. The van der Waals surface area contributed by atoms with Gasteiger partial charge in [0.25, 0.3) is 0 Å². The van der Waals surface area contributed by atoms with Crippen LogP contribution in [0.4, 0.5) is 0 Å². The first-order chi connectivity index (χ1) is 6.33. The second-order valence-corrected chi connectivity index (χ2v) is 2.50. The van der Waals surface area contributed by atoms with E-state index in [4.69, 9.17) is 0 Å². The molecule has 0 saturated heterocycles. The van der Waals surface area contributed by atoms with Gasteiger partial charge in [-0.25, -0.2) is 0 Å². The highest BCUT2D eigenvalue weighted by Gasteiger charge is 1.98. The summed E-state index contributed by atoms with van der Waals surface area (Å²) in [5.74, 6) is -0.0480. The van der Waals surface area contributed by atoms with Crippen molar-refractivity contribution < 1.29 is 4.79 Å². The van der Waals surface area contributed by atoms with Crippen LogP contribution in [0.5, 0.6) is 0 Å². The molecule has 1 rings (SSSR count). The smallest absolute Gasteiger partial charge is 0.234 e. The van der Waals surface area contributed by atoms with Crippen molar-refractivity contribution in [2.24, 2.45) is 0 Å². The molecule has 0 bridgehead atoms. The zero-order valence-electron chi connectivity index (χ0n) is 7.45. The number of nitrogens with zero attached hydrogens (tertiary/aromatic N) is 2. The van der Waals surface area contributed by atoms with Crippen molar-refractivity contribution in [3.63, 3.8) is 0 Å². The van der Waals surface area contributed by atoms with Crippen molar-refractivity contribution in [2.75, 3.05) is 13.6 Å². The Morgan fingerprint density at radius 1 is 1.54 bits per heavy atom. The van der Waals surface area contributed by atoms with Crippen LogP contribution in [0.25, 0.3) is 0 Å². The monoisotopic (exact) mass is 180 g/mol. The number of nitrogens with one attached hydrogen (secondary N) is 2. The molecule has 1 aromatic heterocycles. The molecule has 0 aromatic carbocycles. The molecule has 2 N–H and O–H groups in total. The molecule has 0 fully saturated rings. The second kappa shape index (κ2) is 5.21. The van der Waals surface area contributed by atoms with Gasteiger partial charge in [0.05, 0.1) is 25.0 Å². The van der Waals surface area contributed by atoms with Gasteiger partial charge in [0.2, 0.25) is 5.91 Å². The van der Waals surface area contributed by atoms with E-state index < -0.39 is 0 Å². The molecule has 0 unspecified atom stereocenters. The normalized spacial score (nSPS) is 9.62. The molecule has 5 heteroatoms. The van der Waals surface area contributed by atoms with Gasteiger partial charge in [-0.15, -0.1) is 0 Å². The van der Waals surface area contributed by atoms with Gasteiger partial charge in [-0.05, 0) is 7.05 Å². The third-order valence-electron chi connectivity index (χ3n) is 1.42. The molecule has 0 saturated carbocycles. The summed E-state index contributed by atoms with van der Waals surface area (Å²) < 4.78 is 0. The van der Waals surface area contributed by atoms with Crippen molar-refractivity contribution in [1.29, 1.82) is 0 Å². The van der Waals surface area contributed by atoms with Gasteiger partial charge >= 0.3 is 0 Å². The Labute approximate surface area is 76.6 Å². The summed E-state index contributed by atoms with van der Waals surface area (Å²) in [7, 11) is 1.72. The summed E-state index contributed by atoms with van der Waals surface area (Å²) in [5, 5.41) is 5.45. The first-order valence-corrected chi connectivity index (χ1v) is 3.99. The van der Waals surface area contributed by atoms with E-state index in [9.17, 15) is 4.79 Å². The van der Waals surface area contributed by atoms with Crippen LogP contribution in [0.3, 0.4) is 0 Å². The minimum Gasteiger partial charge on any atom is -0.349 e. The molecule has 0 aliphatic carbocycles. The van der Waals surface area contributed by atoms with Gasteiger partial charge in [0.1, 0.15) is 0 Å². The summed E-state index contributed by atoms with van der Waals surface area (Å²) in [6, 6.07) is 0. The molecule has 70 valence electrons. The molecular weight excluding hydrogens is 168 g/mol. The van der Waals surface area contributed by atoms with Crippen LogP contribution in [0.15, 0.2) is 18.6 Å². The van der Waals surface area contributed by atoms with E-state index in [1.54, 1.807) is 25.6 Å². The number of carbonyl (C=O) groups is 1. The van der Waals surface area contributed by atoms with E-state index in [0.29, 0.717) is 13.1 Å². The van der Waals surface area contributed by atoms with Crippen molar-refractivity contribution in [1.82, 2.24) is 20.6 Å². The largest absolute Gasteiger partial charge is 0.349 e. The van der Waals surface area contributed by atoms with E-state index >= 15 is 0 Å². The van der Waals surface area contributed by atoms with Gasteiger partial charge in [-0.2, -0.15) is 0 Å². The predicted molar refractivity (Wildman–Crippen MR) is 47.8 cm³/mol. The summed E-state index contributed by atoms with van der Waals surface area (Å²) in [6.07, 6.45) is 4.82. The topological polar surface area (TPSA) is 66.9 Å². The van der Waals surface area contributed by atoms with E-state index in [1.807, 2.05) is 0 Å². The van der Waals surface area contributed by atoms with Gasteiger partial charge in [0.15, 0.2) is 0 Å². The minimum atomic E-state index is -0.0480. The molecule has 0 spiro atoms. The maximum absolute atomic E-state index is 11.0. The quantitative estimate of drug-likeness (QED) is 0.643. The molecule has 13 heavy (non-hydrogen) atoms. The summed E-state index contributed by atoms with van der Waals surface area (Å²) >= 11 is 0. The van der Waals surface area contributed by atoms with Gasteiger partial charge < -0.3 is 10.6 Å². The first-order valence-electron chi connectivity index (χ1n) is 3.99. The predicted octanol–water partition coefficient (Wildman–Crippen LogP) is -0.688. The van der Waals surface area contributed by atoms with Gasteiger partial charge in [-0.1, -0.05) is 0 Å². The molecule has 0 radical (unpaired) electrons. The Morgan fingerprint density at radius 2 is 2.38 bits per heavy atom. The number of hydrogen-bond donors (Lipinski definition) is 2. The number of hydrogen-bond acceptors (Lipinski definition) is 4. The van der Waals surface area contributed by atoms with Crippen molar-refractivity contribution in [2.45, 2.75) is 6.54 Å².